The van der Waals surface area contributed by atoms with Crippen molar-refractivity contribution in [3.8, 4) is 6.07 Å². The van der Waals surface area contributed by atoms with E-state index in [1.165, 1.54) is 0 Å². The van der Waals surface area contributed by atoms with Gasteiger partial charge in [-0.2, -0.15) is 5.26 Å². The number of rotatable bonds is 10. The molecular formula is C17H32N4O. The Balaban J connectivity index is 2.08. The van der Waals surface area contributed by atoms with Gasteiger partial charge in [-0.05, 0) is 58.4 Å². The van der Waals surface area contributed by atoms with Crippen LogP contribution in [-0.4, -0.2) is 61.5 Å². The first-order valence-corrected chi connectivity index (χ1v) is 8.80. The molecule has 1 fully saturated rings. The molecule has 22 heavy (non-hydrogen) atoms. The molecule has 0 radical (unpaired) electrons. The molecule has 1 aliphatic heterocycles. The van der Waals surface area contributed by atoms with Gasteiger partial charge >= 0.3 is 0 Å². The lowest BCUT2D eigenvalue weighted by Crippen LogP contribution is -2.41. The van der Waals surface area contributed by atoms with Crippen LogP contribution in [-0.2, 0) is 4.79 Å². The fourth-order valence-electron chi connectivity index (χ4n) is 2.98. The maximum Gasteiger partial charge on any atom is 0.223 e. The van der Waals surface area contributed by atoms with Crippen LogP contribution >= 0.6 is 0 Å². The van der Waals surface area contributed by atoms with Crippen molar-refractivity contribution in [2.75, 3.05) is 45.8 Å². The molecule has 1 saturated heterocycles. The molecule has 1 rings (SSSR count). The highest BCUT2D eigenvalue weighted by atomic mass is 16.1. The number of amides is 1. The Kier molecular flexibility index (Phi) is 9.85. The van der Waals surface area contributed by atoms with Crippen LogP contribution in [0.4, 0.5) is 0 Å². The van der Waals surface area contributed by atoms with E-state index in [2.05, 4.69) is 35.0 Å². The number of nitrogens with one attached hydrogen (secondary N) is 1. The topological polar surface area (TPSA) is 59.4 Å². The molecule has 0 atom stereocenters. The van der Waals surface area contributed by atoms with E-state index in [4.69, 9.17) is 5.26 Å². The zero-order chi connectivity index (χ0) is 16.2. The summed E-state index contributed by atoms with van der Waals surface area (Å²) < 4.78 is 0. The zero-order valence-electron chi connectivity index (χ0n) is 14.3. The summed E-state index contributed by atoms with van der Waals surface area (Å²) in [4.78, 5) is 16.8. The van der Waals surface area contributed by atoms with Crippen LogP contribution in [0.3, 0.4) is 0 Å². The highest BCUT2D eigenvalue weighted by Crippen LogP contribution is 2.17. The molecule has 5 nitrogen and oxygen atoms in total. The van der Waals surface area contributed by atoms with Crippen molar-refractivity contribution in [2.24, 2.45) is 5.92 Å². The molecule has 126 valence electrons. The molecule has 0 aromatic carbocycles. The number of carbonyl (C=O) groups is 1. The Bertz CT molecular complexity index is 341. The van der Waals surface area contributed by atoms with E-state index in [0.717, 1.165) is 71.5 Å². The molecule has 0 aliphatic carbocycles. The Morgan fingerprint density at radius 1 is 1.27 bits per heavy atom. The van der Waals surface area contributed by atoms with E-state index in [-0.39, 0.29) is 11.8 Å². The van der Waals surface area contributed by atoms with Gasteiger partial charge in [-0.15, -0.1) is 0 Å². The van der Waals surface area contributed by atoms with Gasteiger partial charge in [0.05, 0.1) is 6.07 Å². The van der Waals surface area contributed by atoms with Crippen LogP contribution in [0.15, 0.2) is 0 Å². The third-order valence-corrected chi connectivity index (χ3v) is 4.59. The summed E-state index contributed by atoms with van der Waals surface area (Å²) in [6.07, 6.45) is 4.65. The quantitative estimate of drug-likeness (QED) is 0.626. The molecule has 0 unspecified atom stereocenters. The van der Waals surface area contributed by atoms with Gasteiger partial charge in [-0.3, -0.25) is 4.79 Å². The Morgan fingerprint density at radius 2 is 1.95 bits per heavy atom. The van der Waals surface area contributed by atoms with E-state index in [9.17, 15) is 4.79 Å². The number of unbranched alkanes of at least 4 members (excludes halogenated alkanes) is 1. The van der Waals surface area contributed by atoms with Gasteiger partial charge in [0.25, 0.3) is 0 Å². The number of hydrogen-bond donors (Lipinski definition) is 1. The maximum absolute atomic E-state index is 12.1. The first-order valence-electron chi connectivity index (χ1n) is 8.80. The molecule has 1 heterocycles. The molecule has 0 saturated carbocycles. The Labute approximate surface area is 135 Å². The van der Waals surface area contributed by atoms with Gasteiger partial charge in [-0.25, -0.2) is 0 Å². The van der Waals surface area contributed by atoms with Gasteiger partial charge in [0.2, 0.25) is 5.91 Å². The average molecular weight is 308 g/mol. The summed E-state index contributed by atoms with van der Waals surface area (Å²) >= 11 is 0. The van der Waals surface area contributed by atoms with E-state index in [0.29, 0.717) is 6.42 Å². The van der Waals surface area contributed by atoms with Crippen LogP contribution in [0.5, 0.6) is 0 Å². The van der Waals surface area contributed by atoms with E-state index in [1.807, 2.05) is 0 Å². The number of likely N-dealkylation sites (tertiary alicyclic amines) is 1. The van der Waals surface area contributed by atoms with Crippen molar-refractivity contribution in [1.82, 2.24) is 15.1 Å². The summed E-state index contributed by atoms with van der Waals surface area (Å²) in [5.41, 5.74) is 0. The second kappa shape index (κ2) is 11.4. The number of hydrogen-bond acceptors (Lipinski definition) is 4. The summed E-state index contributed by atoms with van der Waals surface area (Å²) in [5.74, 6) is 0.392. The highest BCUT2D eigenvalue weighted by molar-refractivity contribution is 5.78. The second-order valence-corrected chi connectivity index (χ2v) is 6.05. The van der Waals surface area contributed by atoms with Gasteiger partial charge in [-0.1, -0.05) is 13.8 Å². The van der Waals surface area contributed by atoms with E-state index < -0.39 is 0 Å². The number of nitriles is 1. The van der Waals surface area contributed by atoms with Crippen LogP contribution in [0, 0.1) is 17.2 Å². The van der Waals surface area contributed by atoms with Crippen molar-refractivity contribution < 1.29 is 4.79 Å². The first kappa shape index (κ1) is 18.9. The minimum Gasteiger partial charge on any atom is -0.356 e. The number of carbonyl (C=O) groups excluding carboxylic acids is 1. The number of nitrogens with zero attached hydrogens (tertiary/aromatic N) is 3. The van der Waals surface area contributed by atoms with Crippen molar-refractivity contribution in [2.45, 2.75) is 46.0 Å². The van der Waals surface area contributed by atoms with Crippen molar-refractivity contribution >= 4 is 5.91 Å². The van der Waals surface area contributed by atoms with Crippen LogP contribution in [0.2, 0.25) is 0 Å². The lowest BCUT2D eigenvalue weighted by atomic mass is 9.96. The molecule has 5 heteroatoms. The summed E-state index contributed by atoms with van der Waals surface area (Å²) in [7, 11) is 0. The SMILES string of the molecule is CCN(CC)CCCCNC(=O)C1CCN(CCC#N)CC1. The highest BCUT2D eigenvalue weighted by Gasteiger charge is 2.24. The predicted molar refractivity (Wildman–Crippen MR) is 89.4 cm³/mol. The fraction of sp³-hybridized carbons (Fsp3) is 0.882. The molecule has 0 aromatic heterocycles. The lowest BCUT2D eigenvalue weighted by Gasteiger charge is -2.30. The molecule has 1 N–H and O–H groups in total. The lowest BCUT2D eigenvalue weighted by molar-refractivity contribution is -0.126. The number of piperidine rings is 1. The molecule has 0 spiro atoms. The summed E-state index contributed by atoms with van der Waals surface area (Å²) in [6.45, 7) is 11.2. The monoisotopic (exact) mass is 308 g/mol. The fourth-order valence-corrected chi connectivity index (χ4v) is 2.98. The minimum absolute atomic E-state index is 0.168. The minimum atomic E-state index is 0.168. The second-order valence-electron chi connectivity index (χ2n) is 6.05. The summed E-state index contributed by atoms with van der Waals surface area (Å²) in [5, 5.41) is 11.7. The molecule has 1 amide bonds. The predicted octanol–water partition coefficient (Wildman–Crippen LogP) is 1.85. The normalized spacial score (nSPS) is 16.6. The first-order chi connectivity index (χ1) is 10.7. The average Bonchev–Trinajstić information content (AvgIpc) is 2.56. The van der Waals surface area contributed by atoms with E-state index >= 15 is 0 Å². The Morgan fingerprint density at radius 3 is 2.55 bits per heavy atom. The maximum atomic E-state index is 12.1. The largest absolute Gasteiger partial charge is 0.356 e. The third-order valence-electron chi connectivity index (χ3n) is 4.59. The van der Waals surface area contributed by atoms with Crippen molar-refractivity contribution in [1.29, 1.82) is 5.26 Å². The summed E-state index contributed by atoms with van der Waals surface area (Å²) in [6, 6.07) is 2.18. The standard InChI is InChI=1S/C17H32N4O/c1-3-20(4-2)12-6-5-11-19-17(22)16-8-14-21(15-9-16)13-7-10-18/h16H,3-9,11-15H2,1-2H3,(H,19,22). The van der Waals surface area contributed by atoms with Gasteiger partial charge < -0.3 is 15.1 Å². The van der Waals surface area contributed by atoms with Crippen LogP contribution < -0.4 is 5.32 Å². The van der Waals surface area contributed by atoms with Crippen LogP contribution in [0.25, 0.3) is 0 Å². The van der Waals surface area contributed by atoms with Gasteiger partial charge in [0.15, 0.2) is 0 Å². The van der Waals surface area contributed by atoms with E-state index in [1.54, 1.807) is 0 Å². The molecular weight excluding hydrogens is 276 g/mol. The van der Waals surface area contributed by atoms with Crippen molar-refractivity contribution in [3.63, 3.8) is 0 Å². The van der Waals surface area contributed by atoms with Gasteiger partial charge in [0.1, 0.15) is 0 Å². The third kappa shape index (κ3) is 7.24. The van der Waals surface area contributed by atoms with Crippen LogP contribution in [0.1, 0.15) is 46.0 Å². The zero-order valence-corrected chi connectivity index (χ0v) is 14.3. The smallest absolute Gasteiger partial charge is 0.223 e. The Hall–Kier alpha value is -1.12. The van der Waals surface area contributed by atoms with Crippen molar-refractivity contribution in [3.05, 3.63) is 0 Å². The molecule has 1 aliphatic rings. The molecule has 0 aromatic rings. The van der Waals surface area contributed by atoms with Gasteiger partial charge in [0, 0.05) is 25.4 Å². The molecule has 0 bridgehead atoms.